The van der Waals surface area contributed by atoms with Crippen LogP contribution in [0.25, 0.3) is 0 Å². The van der Waals surface area contributed by atoms with Crippen molar-refractivity contribution in [3.8, 4) is 0 Å². The second-order valence-electron chi connectivity index (χ2n) is 4.33. The Morgan fingerprint density at radius 3 is 2.78 bits per heavy atom. The number of carbonyl (C=O) groups excluding carboxylic acids is 1. The predicted octanol–water partition coefficient (Wildman–Crippen LogP) is 1.10. The third kappa shape index (κ3) is 4.33. The fourth-order valence-electron chi connectivity index (χ4n) is 1.49. The van der Waals surface area contributed by atoms with Crippen LogP contribution in [0, 0.1) is 0 Å². The number of anilines is 1. The van der Waals surface area contributed by atoms with Crippen LogP contribution in [-0.2, 0) is 4.79 Å². The Bertz CT molecular complexity index is 376. The Morgan fingerprint density at radius 2 is 2.28 bits per heavy atom. The van der Waals surface area contributed by atoms with Gasteiger partial charge in [0.15, 0.2) is 0 Å². The number of nitrogens with one attached hydrogen (secondary N) is 1. The van der Waals surface area contributed by atoms with Crippen molar-refractivity contribution in [1.29, 1.82) is 0 Å². The van der Waals surface area contributed by atoms with Crippen molar-refractivity contribution in [2.24, 2.45) is 0 Å². The molecule has 100 valence electrons. The monoisotopic (exact) mass is 251 g/mol. The number of hydrogen-bond donors (Lipinski definition) is 2. The largest absolute Gasteiger partial charge is 0.389 e. The molecule has 0 saturated carbocycles. The zero-order valence-corrected chi connectivity index (χ0v) is 11.2. The molecule has 1 atom stereocenters. The lowest BCUT2D eigenvalue weighted by Crippen LogP contribution is -2.35. The molecule has 1 amide bonds. The molecule has 2 N–H and O–H groups in total. The van der Waals surface area contributed by atoms with Gasteiger partial charge in [0.05, 0.1) is 12.6 Å². The molecule has 0 saturated heterocycles. The van der Waals surface area contributed by atoms with Crippen LogP contribution in [0.4, 0.5) is 5.82 Å². The molecule has 0 aliphatic carbocycles. The first-order chi connectivity index (χ1) is 8.54. The van der Waals surface area contributed by atoms with Gasteiger partial charge < -0.3 is 15.3 Å². The molecule has 0 fully saturated rings. The van der Waals surface area contributed by atoms with Crippen LogP contribution in [0.5, 0.6) is 0 Å². The van der Waals surface area contributed by atoms with Gasteiger partial charge in [0.2, 0.25) is 5.91 Å². The van der Waals surface area contributed by atoms with E-state index in [0.29, 0.717) is 12.4 Å². The summed E-state index contributed by atoms with van der Waals surface area (Å²) >= 11 is 0. The van der Waals surface area contributed by atoms with E-state index in [4.69, 9.17) is 0 Å². The van der Waals surface area contributed by atoms with Gasteiger partial charge in [-0.1, -0.05) is 13.0 Å². The van der Waals surface area contributed by atoms with E-state index in [1.807, 2.05) is 20.0 Å². The van der Waals surface area contributed by atoms with Gasteiger partial charge in [-0.25, -0.2) is 4.98 Å². The number of nitrogens with zero attached hydrogens (tertiary/aromatic N) is 2. The molecule has 0 unspecified atom stereocenters. The summed E-state index contributed by atoms with van der Waals surface area (Å²) in [4.78, 5) is 17.5. The van der Waals surface area contributed by atoms with Gasteiger partial charge in [0.1, 0.15) is 5.82 Å². The molecule has 1 aromatic rings. The Hall–Kier alpha value is -1.62. The van der Waals surface area contributed by atoms with Crippen LogP contribution in [0.1, 0.15) is 31.9 Å². The van der Waals surface area contributed by atoms with E-state index in [-0.39, 0.29) is 12.5 Å². The van der Waals surface area contributed by atoms with E-state index in [1.54, 1.807) is 24.1 Å². The Morgan fingerprint density at radius 1 is 1.56 bits per heavy atom. The van der Waals surface area contributed by atoms with Crippen molar-refractivity contribution in [3.05, 3.63) is 23.9 Å². The fraction of sp³-hybridized carbons (Fsp3) is 0.538. The van der Waals surface area contributed by atoms with Crippen molar-refractivity contribution in [2.45, 2.75) is 26.4 Å². The number of carbonyl (C=O) groups is 1. The highest BCUT2D eigenvalue weighted by molar-refractivity contribution is 5.80. The zero-order chi connectivity index (χ0) is 13.5. The minimum absolute atomic E-state index is 0.0132. The first-order valence-corrected chi connectivity index (χ1v) is 6.16. The number of pyridine rings is 1. The van der Waals surface area contributed by atoms with Crippen molar-refractivity contribution in [3.63, 3.8) is 0 Å². The Kier molecular flexibility index (Phi) is 5.58. The van der Waals surface area contributed by atoms with Crippen molar-refractivity contribution in [1.82, 2.24) is 10.3 Å². The molecular formula is C13H21N3O2. The lowest BCUT2D eigenvalue weighted by molar-refractivity contribution is -0.119. The molecule has 18 heavy (non-hydrogen) atoms. The van der Waals surface area contributed by atoms with Gasteiger partial charge in [-0.15, -0.1) is 0 Å². The molecule has 1 heterocycles. The number of likely N-dealkylation sites (N-methyl/N-ethyl adjacent to an activating group) is 1. The molecular weight excluding hydrogens is 230 g/mol. The average molecular weight is 251 g/mol. The number of aromatic nitrogens is 1. The predicted molar refractivity (Wildman–Crippen MR) is 71.4 cm³/mol. The highest BCUT2D eigenvalue weighted by atomic mass is 16.3. The van der Waals surface area contributed by atoms with Crippen molar-refractivity contribution in [2.75, 3.05) is 25.0 Å². The highest BCUT2D eigenvalue weighted by Crippen LogP contribution is 2.14. The summed E-state index contributed by atoms with van der Waals surface area (Å²) in [5.74, 6) is 0.701. The zero-order valence-electron chi connectivity index (χ0n) is 11.2. The van der Waals surface area contributed by atoms with Crippen LogP contribution in [-0.4, -0.2) is 36.1 Å². The fourth-order valence-corrected chi connectivity index (χ4v) is 1.49. The Balaban J connectivity index is 2.56. The molecule has 5 nitrogen and oxygen atoms in total. The number of amides is 1. The summed E-state index contributed by atoms with van der Waals surface area (Å²) in [6.45, 7) is 4.68. The minimum Gasteiger partial charge on any atom is -0.389 e. The van der Waals surface area contributed by atoms with Crippen LogP contribution in [0.2, 0.25) is 0 Å². The number of hydrogen-bond acceptors (Lipinski definition) is 4. The molecule has 1 aromatic heterocycles. The van der Waals surface area contributed by atoms with Crippen LogP contribution in [0.3, 0.4) is 0 Å². The third-order valence-corrected chi connectivity index (χ3v) is 2.60. The normalized spacial score (nSPS) is 12.0. The van der Waals surface area contributed by atoms with Gasteiger partial charge >= 0.3 is 0 Å². The van der Waals surface area contributed by atoms with Crippen LogP contribution >= 0.6 is 0 Å². The third-order valence-electron chi connectivity index (χ3n) is 2.60. The second-order valence-corrected chi connectivity index (χ2v) is 4.33. The smallest absolute Gasteiger partial charge is 0.239 e. The molecule has 1 rings (SSSR count). The van der Waals surface area contributed by atoms with Gasteiger partial charge in [0, 0.05) is 19.8 Å². The summed E-state index contributed by atoms with van der Waals surface area (Å²) in [5.41, 5.74) is 0.766. The standard InChI is InChI=1S/C13H21N3O2/c1-4-7-14-13(18)9-16(3)12-6-5-11(8-15-12)10(2)17/h5-6,8,10,17H,4,7,9H2,1-3H3,(H,14,18)/t10-/m0/s1. The molecule has 0 aliphatic heterocycles. The van der Waals surface area contributed by atoms with Gasteiger partial charge in [-0.05, 0) is 25.0 Å². The SMILES string of the molecule is CCCNC(=O)CN(C)c1ccc([C@H](C)O)cn1. The summed E-state index contributed by atoms with van der Waals surface area (Å²) in [5, 5.41) is 12.2. The first kappa shape index (κ1) is 14.4. The second kappa shape index (κ2) is 6.96. The molecule has 5 heteroatoms. The highest BCUT2D eigenvalue weighted by Gasteiger charge is 2.08. The number of aliphatic hydroxyl groups is 1. The maximum Gasteiger partial charge on any atom is 0.239 e. The van der Waals surface area contributed by atoms with Crippen LogP contribution in [0.15, 0.2) is 18.3 Å². The van der Waals surface area contributed by atoms with Gasteiger partial charge in [-0.3, -0.25) is 4.79 Å². The van der Waals surface area contributed by atoms with Crippen molar-refractivity contribution < 1.29 is 9.90 Å². The number of aliphatic hydroxyl groups excluding tert-OH is 1. The maximum absolute atomic E-state index is 11.5. The van der Waals surface area contributed by atoms with Crippen molar-refractivity contribution >= 4 is 11.7 Å². The summed E-state index contributed by atoms with van der Waals surface area (Å²) < 4.78 is 0. The topological polar surface area (TPSA) is 65.5 Å². The maximum atomic E-state index is 11.5. The molecule has 0 aromatic carbocycles. The average Bonchev–Trinajstić information content (AvgIpc) is 2.36. The lowest BCUT2D eigenvalue weighted by Gasteiger charge is -2.18. The molecule has 0 radical (unpaired) electrons. The number of rotatable bonds is 6. The minimum atomic E-state index is -0.523. The summed E-state index contributed by atoms with van der Waals surface area (Å²) in [6, 6.07) is 3.61. The molecule has 0 spiro atoms. The first-order valence-electron chi connectivity index (χ1n) is 6.16. The van der Waals surface area contributed by atoms with Gasteiger partial charge in [0.25, 0.3) is 0 Å². The van der Waals surface area contributed by atoms with E-state index in [2.05, 4.69) is 10.3 Å². The quantitative estimate of drug-likeness (QED) is 0.794. The lowest BCUT2D eigenvalue weighted by atomic mass is 10.2. The molecule has 0 bridgehead atoms. The van der Waals surface area contributed by atoms with Gasteiger partial charge in [-0.2, -0.15) is 0 Å². The summed E-state index contributed by atoms with van der Waals surface area (Å²) in [7, 11) is 1.82. The Labute approximate surface area is 108 Å². The van der Waals surface area contributed by atoms with E-state index >= 15 is 0 Å². The van der Waals surface area contributed by atoms with E-state index < -0.39 is 6.10 Å². The van der Waals surface area contributed by atoms with E-state index in [9.17, 15) is 9.90 Å². The molecule has 0 aliphatic rings. The van der Waals surface area contributed by atoms with E-state index in [1.165, 1.54) is 0 Å². The van der Waals surface area contributed by atoms with Crippen LogP contribution < -0.4 is 10.2 Å². The van der Waals surface area contributed by atoms with E-state index in [0.717, 1.165) is 12.0 Å². The summed E-state index contributed by atoms with van der Waals surface area (Å²) in [6.07, 6.45) is 2.03.